The van der Waals surface area contributed by atoms with Crippen molar-refractivity contribution in [2.75, 3.05) is 6.54 Å². The van der Waals surface area contributed by atoms with Gasteiger partial charge in [-0.15, -0.1) is 0 Å². The monoisotopic (exact) mass is 360 g/mol. The van der Waals surface area contributed by atoms with Crippen molar-refractivity contribution >= 4 is 34.4 Å². The number of hydrogen-bond acceptors (Lipinski definition) is 2. The molecule has 0 aliphatic carbocycles. The first kappa shape index (κ1) is 14.9. The summed E-state index contributed by atoms with van der Waals surface area (Å²) in [5.41, 5.74) is 1.66. The molecule has 0 radical (unpaired) electrons. The maximum Gasteiger partial charge on any atom is 0.252 e. The topological polar surface area (TPSA) is 58.2 Å². The predicted molar refractivity (Wildman–Crippen MR) is 79.5 cm³/mol. The van der Waals surface area contributed by atoms with Crippen LogP contribution in [-0.4, -0.2) is 24.4 Å². The van der Waals surface area contributed by atoms with Crippen molar-refractivity contribution in [1.82, 2.24) is 10.6 Å². The minimum atomic E-state index is -0.220. The van der Waals surface area contributed by atoms with Crippen LogP contribution in [0, 0.1) is 10.5 Å². The zero-order valence-electron chi connectivity index (χ0n) is 10.7. The Morgan fingerprint density at radius 3 is 2.61 bits per heavy atom. The summed E-state index contributed by atoms with van der Waals surface area (Å²) in [7, 11) is 0. The molecular weight excluding hydrogens is 343 g/mol. The number of halogens is 1. The molecule has 0 aliphatic rings. The number of benzene rings is 1. The van der Waals surface area contributed by atoms with Crippen LogP contribution in [-0.2, 0) is 4.79 Å². The summed E-state index contributed by atoms with van der Waals surface area (Å²) in [4.78, 5) is 23.3. The van der Waals surface area contributed by atoms with E-state index in [4.69, 9.17) is 0 Å². The van der Waals surface area contributed by atoms with Crippen LogP contribution in [0.3, 0.4) is 0 Å². The second-order valence-electron chi connectivity index (χ2n) is 4.34. The molecule has 0 fully saturated rings. The van der Waals surface area contributed by atoms with E-state index in [-0.39, 0.29) is 24.4 Å². The SMILES string of the molecule is Cc1cccc(C(=O)NCC(=O)NC(C)C)c1I. The summed E-state index contributed by atoms with van der Waals surface area (Å²) in [6.07, 6.45) is 0. The van der Waals surface area contributed by atoms with Crippen molar-refractivity contribution < 1.29 is 9.59 Å². The Morgan fingerprint density at radius 1 is 1.33 bits per heavy atom. The van der Waals surface area contributed by atoms with E-state index in [0.717, 1.165) is 9.13 Å². The number of aryl methyl sites for hydroxylation is 1. The molecule has 0 saturated carbocycles. The van der Waals surface area contributed by atoms with Crippen LogP contribution < -0.4 is 10.6 Å². The lowest BCUT2D eigenvalue weighted by atomic mass is 10.1. The molecule has 4 nitrogen and oxygen atoms in total. The molecule has 98 valence electrons. The van der Waals surface area contributed by atoms with E-state index >= 15 is 0 Å². The van der Waals surface area contributed by atoms with Crippen molar-refractivity contribution in [1.29, 1.82) is 0 Å². The van der Waals surface area contributed by atoms with Gasteiger partial charge in [0.05, 0.1) is 12.1 Å². The van der Waals surface area contributed by atoms with Gasteiger partial charge in [0, 0.05) is 9.61 Å². The third kappa shape index (κ3) is 4.29. The largest absolute Gasteiger partial charge is 0.352 e. The summed E-state index contributed by atoms with van der Waals surface area (Å²) in [6, 6.07) is 5.61. The fourth-order valence-corrected chi connectivity index (χ4v) is 2.06. The molecular formula is C13H17IN2O2. The van der Waals surface area contributed by atoms with E-state index < -0.39 is 0 Å². The van der Waals surface area contributed by atoms with E-state index in [1.54, 1.807) is 6.07 Å². The lowest BCUT2D eigenvalue weighted by Gasteiger charge is -2.10. The van der Waals surface area contributed by atoms with Gasteiger partial charge in [0.1, 0.15) is 0 Å². The van der Waals surface area contributed by atoms with Gasteiger partial charge in [-0.25, -0.2) is 0 Å². The van der Waals surface area contributed by atoms with Gasteiger partial charge in [-0.05, 0) is 55.0 Å². The Kier molecular flexibility index (Phi) is 5.58. The zero-order valence-corrected chi connectivity index (χ0v) is 12.9. The Bertz CT molecular complexity index is 458. The number of carbonyl (C=O) groups is 2. The third-order valence-electron chi connectivity index (χ3n) is 2.30. The molecule has 0 spiro atoms. The highest BCUT2D eigenvalue weighted by Gasteiger charge is 2.12. The summed E-state index contributed by atoms with van der Waals surface area (Å²) < 4.78 is 0.914. The molecule has 1 aromatic carbocycles. The van der Waals surface area contributed by atoms with E-state index in [9.17, 15) is 9.59 Å². The quantitative estimate of drug-likeness (QED) is 0.806. The Labute approximate surface area is 121 Å². The van der Waals surface area contributed by atoms with Crippen molar-refractivity contribution in [3.05, 3.63) is 32.9 Å². The molecule has 18 heavy (non-hydrogen) atoms. The van der Waals surface area contributed by atoms with Gasteiger partial charge in [0.15, 0.2) is 0 Å². The van der Waals surface area contributed by atoms with Gasteiger partial charge in [0.25, 0.3) is 5.91 Å². The van der Waals surface area contributed by atoms with Crippen LogP contribution in [0.5, 0.6) is 0 Å². The van der Waals surface area contributed by atoms with Crippen LogP contribution in [0.1, 0.15) is 29.8 Å². The lowest BCUT2D eigenvalue weighted by molar-refractivity contribution is -0.120. The van der Waals surface area contributed by atoms with Crippen LogP contribution in [0.2, 0.25) is 0 Å². The van der Waals surface area contributed by atoms with Crippen LogP contribution >= 0.6 is 22.6 Å². The van der Waals surface area contributed by atoms with Crippen LogP contribution in [0.4, 0.5) is 0 Å². The number of amides is 2. The molecule has 1 aromatic rings. The highest BCUT2D eigenvalue weighted by molar-refractivity contribution is 14.1. The second-order valence-corrected chi connectivity index (χ2v) is 5.42. The van der Waals surface area contributed by atoms with Crippen molar-refractivity contribution in [2.45, 2.75) is 26.8 Å². The fourth-order valence-electron chi connectivity index (χ4n) is 1.45. The highest BCUT2D eigenvalue weighted by Crippen LogP contribution is 2.16. The Morgan fingerprint density at radius 2 is 2.00 bits per heavy atom. The first-order chi connectivity index (χ1) is 8.41. The molecule has 2 amide bonds. The number of nitrogens with one attached hydrogen (secondary N) is 2. The summed E-state index contributed by atoms with van der Waals surface area (Å²) >= 11 is 2.14. The average molecular weight is 360 g/mol. The Balaban J connectivity index is 2.61. The summed E-state index contributed by atoms with van der Waals surface area (Å²) in [6.45, 7) is 5.71. The number of hydrogen-bond donors (Lipinski definition) is 2. The standard InChI is InChI=1S/C13H17IN2O2/c1-8(2)16-11(17)7-15-13(18)10-6-4-5-9(3)12(10)14/h4-6,8H,7H2,1-3H3,(H,15,18)(H,16,17). The fraction of sp³-hybridized carbons (Fsp3) is 0.385. The molecule has 5 heteroatoms. The second kappa shape index (κ2) is 6.72. The normalized spacial score (nSPS) is 10.3. The molecule has 0 bridgehead atoms. The molecule has 0 heterocycles. The first-order valence-corrected chi connectivity index (χ1v) is 6.82. The van der Waals surface area contributed by atoms with Gasteiger partial charge in [-0.3, -0.25) is 9.59 Å². The van der Waals surface area contributed by atoms with Gasteiger partial charge >= 0.3 is 0 Å². The third-order valence-corrected chi connectivity index (χ3v) is 3.73. The molecule has 0 saturated heterocycles. The van der Waals surface area contributed by atoms with Crippen molar-refractivity contribution in [2.24, 2.45) is 0 Å². The van der Waals surface area contributed by atoms with Gasteiger partial charge < -0.3 is 10.6 Å². The summed E-state index contributed by atoms with van der Waals surface area (Å²) in [5.74, 6) is -0.400. The zero-order chi connectivity index (χ0) is 13.7. The summed E-state index contributed by atoms with van der Waals surface area (Å²) in [5, 5.41) is 5.34. The first-order valence-electron chi connectivity index (χ1n) is 5.74. The molecule has 0 aromatic heterocycles. The van der Waals surface area contributed by atoms with E-state index in [1.165, 1.54) is 0 Å². The lowest BCUT2D eigenvalue weighted by Crippen LogP contribution is -2.40. The van der Waals surface area contributed by atoms with Crippen LogP contribution in [0.25, 0.3) is 0 Å². The smallest absolute Gasteiger partial charge is 0.252 e. The molecule has 0 atom stereocenters. The maximum absolute atomic E-state index is 11.9. The highest BCUT2D eigenvalue weighted by atomic mass is 127. The van der Waals surface area contributed by atoms with Gasteiger partial charge in [-0.1, -0.05) is 12.1 Å². The predicted octanol–water partition coefficient (Wildman–Crippen LogP) is 1.85. The number of carbonyl (C=O) groups excluding carboxylic acids is 2. The van der Waals surface area contributed by atoms with E-state index in [2.05, 4.69) is 33.2 Å². The number of rotatable bonds is 4. The molecule has 2 N–H and O–H groups in total. The van der Waals surface area contributed by atoms with Crippen LogP contribution in [0.15, 0.2) is 18.2 Å². The minimum Gasteiger partial charge on any atom is -0.352 e. The van der Waals surface area contributed by atoms with Gasteiger partial charge in [-0.2, -0.15) is 0 Å². The average Bonchev–Trinajstić information content (AvgIpc) is 2.29. The van der Waals surface area contributed by atoms with E-state index in [1.807, 2.05) is 32.9 Å². The molecule has 0 aliphatic heterocycles. The molecule has 1 rings (SSSR count). The van der Waals surface area contributed by atoms with Crippen molar-refractivity contribution in [3.8, 4) is 0 Å². The Hall–Kier alpha value is -1.11. The van der Waals surface area contributed by atoms with Crippen molar-refractivity contribution in [3.63, 3.8) is 0 Å². The van der Waals surface area contributed by atoms with E-state index in [0.29, 0.717) is 5.56 Å². The maximum atomic E-state index is 11.9. The van der Waals surface area contributed by atoms with Gasteiger partial charge in [0.2, 0.25) is 5.91 Å². The molecule has 0 unspecified atom stereocenters. The minimum absolute atomic E-state index is 0.00103.